The SMILES string of the molecule is CC1(C)CCC(CN)(CCO)C1. The highest BCUT2D eigenvalue weighted by Gasteiger charge is 2.41. The molecular formula is C10H21NO. The third-order valence-electron chi connectivity index (χ3n) is 3.26. The zero-order valence-corrected chi connectivity index (χ0v) is 8.27. The molecule has 3 N–H and O–H groups in total. The van der Waals surface area contributed by atoms with Crippen LogP contribution in [0.2, 0.25) is 0 Å². The van der Waals surface area contributed by atoms with Crippen molar-refractivity contribution in [3.8, 4) is 0 Å². The van der Waals surface area contributed by atoms with Crippen molar-refractivity contribution in [3.05, 3.63) is 0 Å². The summed E-state index contributed by atoms with van der Waals surface area (Å²) in [5.41, 5.74) is 6.45. The van der Waals surface area contributed by atoms with E-state index in [0.29, 0.717) is 5.41 Å². The molecule has 1 rings (SSSR count). The molecule has 1 aliphatic rings. The maximum atomic E-state index is 8.94. The summed E-state index contributed by atoms with van der Waals surface area (Å²) in [7, 11) is 0. The fourth-order valence-electron chi connectivity index (χ4n) is 2.52. The Kier molecular flexibility index (Phi) is 2.79. The van der Waals surface area contributed by atoms with Crippen molar-refractivity contribution >= 4 is 0 Å². The van der Waals surface area contributed by atoms with Crippen LogP contribution in [0.15, 0.2) is 0 Å². The predicted molar refractivity (Wildman–Crippen MR) is 50.8 cm³/mol. The molecule has 0 aromatic rings. The minimum atomic E-state index is 0.248. The van der Waals surface area contributed by atoms with Crippen molar-refractivity contribution in [2.24, 2.45) is 16.6 Å². The van der Waals surface area contributed by atoms with E-state index in [1.54, 1.807) is 0 Å². The average molecular weight is 171 g/mol. The molecule has 1 unspecified atom stereocenters. The molecule has 2 nitrogen and oxygen atoms in total. The van der Waals surface area contributed by atoms with Gasteiger partial charge in [-0.3, -0.25) is 0 Å². The zero-order chi connectivity index (χ0) is 9.24. The summed E-state index contributed by atoms with van der Waals surface area (Å²) in [6, 6.07) is 0. The van der Waals surface area contributed by atoms with Gasteiger partial charge < -0.3 is 10.8 Å². The summed E-state index contributed by atoms with van der Waals surface area (Å²) in [6.07, 6.45) is 4.51. The molecule has 1 fully saturated rings. The van der Waals surface area contributed by atoms with Crippen molar-refractivity contribution < 1.29 is 5.11 Å². The van der Waals surface area contributed by atoms with Crippen LogP contribution in [0.25, 0.3) is 0 Å². The second-order valence-corrected chi connectivity index (χ2v) is 5.02. The fourth-order valence-corrected chi connectivity index (χ4v) is 2.52. The van der Waals surface area contributed by atoms with E-state index in [9.17, 15) is 0 Å². The van der Waals surface area contributed by atoms with Crippen LogP contribution >= 0.6 is 0 Å². The van der Waals surface area contributed by atoms with Gasteiger partial charge >= 0.3 is 0 Å². The Morgan fingerprint density at radius 1 is 1.33 bits per heavy atom. The summed E-state index contributed by atoms with van der Waals surface area (Å²) >= 11 is 0. The van der Waals surface area contributed by atoms with Gasteiger partial charge in [0.1, 0.15) is 0 Å². The lowest BCUT2D eigenvalue weighted by molar-refractivity contribution is 0.176. The Bertz CT molecular complexity index is 156. The number of hydrogen-bond acceptors (Lipinski definition) is 2. The second-order valence-electron chi connectivity index (χ2n) is 5.02. The molecule has 0 heterocycles. The Balaban J connectivity index is 2.59. The van der Waals surface area contributed by atoms with E-state index in [0.717, 1.165) is 13.0 Å². The monoisotopic (exact) mass is 171 g/mol. The van der Waals surface area contributed by atoms with Crippen LogP contribution in [0.5, 0.6) is 0 Å². The molecule has 0 amide bonds. The van der Waals surface area contributed by atoms with Gasteiger partial charge in [0.15, 0.2) is 0 Å². The van der Waals surface area contributed by atoms with Crippen molar-refractivity contribution in [1.29, 1.82) is 0 Å². The average Bonchev–Trinajstić information content (AvgIpc) is 2.29. The quantitative estimate of drug-likeness (QED) is 0.676. The molecule has 1 atom stereocenters. The Morgan fingerprint density at radius 3 is 2.33 bits per heavy atom. The minimum Gasteiger partial charge on any atom is -0.396 e. The highest BCUT2D eigenvalue weighted by atomic mass is 16.3. The summed E-state index contributed by atoms with van der Waals surface area (Å²) in [6.45, 7) is 5.60. The number of hydrogen-bond donors (Lipinski definition) is 2. The first-order valence-electron chi connectivity index (χ1n) is 4.85. The van der Waals surface area contributed by atoms with Gasteiger partial charge in [0.05, 0.1) is 0 Å². The second kappa shape index (κ2) is 3.35. The van der Waals surface area contributed by atoms with Crippen LogP contribution < -0.4 is 5.73 Å². The molecule has 1 saturated carbocycles. The molecule has 0 bridgehead atoms. The standard InChI is InChI=1S/C10H21NO/c1-9(2)3-4-10(7-9,8-11)5-6-12/h12H,3-8,11H2,1-2H3. The van der Waals surface area contributed by atoms with E-state index in [-0.39, 0.29) is 12.0 Å². The van der Waals surface area contributed by atoms with E-state index in [4.69, 9.17) is 10.8 Å². The number of nitrogens with two attached hydrogens (primary N) is 1. The molecule has 0 radical (unpaired) electrons. The van der Waals surface area contributed by atoms with Gasteiger partial charge in [-0.15, -0.1) is 0 Å². The highest BCUT2D eigenvalue weighted by Crippen LogP contribution is 2.50. The zero-order valence-electron chi connectivity index (χ0n) is 8.27. The van der Waals surface area contributed by atoms with Gasteiger partial charge in [-0.25, -0.2) is 0 Å². The summed E-state index contributed by atoms with van der Waals surface area (Å²) < 4.78 is 0. The van der Waals surface area contributed by atoms with Crippen LogP contribution in [0.4, 0.5) is 0 Å². The lowest BCUT2D eigenvalue weighted by Crippen LogP contribution is -2.29. The van der Waals surface area contributed by atoms with E-state index < -0.39 is 0 Å². The predicted octanol–water partition coefficient (Wildman–Crippen LogP) is 1.52. The van der Waals surface area contributed by atoms with Crippen molar-refractivity contribution in [1.82, 2.24) is 0 Å². The van der Waals surface area contributed by atoms with Crippen LogP contribution in [0.3, 0.4) is 0 Å². The molecule has 12 heavy (non-hydrogen) atoms. The van der Waals surface area contributed by atoms with E-state index in [1.807, 2.05) is 0 Å². The van der Waals surface area contributed by atoms with Crippen LogP contribution in [-0.2, 0) is 0 Å². The summed E-state index contributed by atoms with van der Waals surface area (Å²) in [5.74, 6) is 0. The maximum Gasteiger partial charge on any atom is 0.0436 e. The number of aliphatic hydroxyl groups is 1. The van der Waals surface area contributed by atoms with Crippen molar-refractivity contribution in [2.75, 3.05) is 13.2 Å². The molecule has 1 aliphatic carbocycles. The molecular weight excluding hydrogens is 150 g/mol. The Labute approximate surface area is 75.2 Å². The van der Waals surface area contributed by atoms with Crippen LogP contribution in [-0.4, -0.2) is 18.3 Å². The molecule has 0 aliphatic heterocycles. The van der Waals surface area contributed by atoms with E-state index in [2.05, 4.69) is 13.8 Å². The van der Waals surface area contributed by atoms with Crippen molar-refractivity contribution in [2.45, 2.75) is 39.5 Å². The van der Waals surface area contributed by atoms with Gasteiger partial charge in [-0.05, 0) is 43.1 Å². The number of aliphatic hydroxyl groups excluding tert-OH is 1. The topological polar surface area (TPSA) is 46.2 Å². The normalized spacial score (nSPS) is 34.0. The molecule has 0 saturated heterocycles. The highest BCUT2D eigenvalue weighted by molar-refractivity contribution is 4.93. The first-order valence-corrected chi connectivity index (χ1v) is 4.85. The Hall–Kier alpha value is -0.0800. The van der Waals surface area contributed by atoms with Gasteiger partial charge in [0.25, 0.3) is 0 Å². The number of rotatable bonds is 3. The maximum absolute atomic E-state index is 8.94. The molecule has 0 spiro atoms. The van der Waals surface area contributed by atoms with Gasteiger partial charge in [0, 0.05) is 6.61 Å². The van der Waals surface area contributed by atoms with Crippen LogP contribution in [0.1, 0.15) is 39.5 Å². The molecule has 72 valence electrons. The van der Waals surface area contributed by atoms with E-state index >= 15 is 0 Å². The largest absolute Gasteiger partial charge is 0.396 e. The first-order chi connectivity index (χ1) is 5.54. The first kappa shape index (κ1) is 10.0. The lowest BCUT2D eigenvalue weighted by Gasteiger charge is -2.28. The fraction of sp³-hybridized carbons (Fsp3) is 1.00. The Morgan fingerprint density at radius 2 is 2.00 bits per heavy atom. The minimum absolute atomic E-state index is 0.248. The van der Waals surface area contributed by atoms with Gasteiger partial charge in [-0.1, -0.05) is 13.8 Å². The molecule has 0 aromatic carbocycles. The van der Waals surface area contributed by atoms with Gasteiger partial charge in [0.2, 0.25) is 0 Å². The van der Waals surface area contributed by atoms with E-state index in [1.165, 1.54) is 19.3 Å². The lowest BCUT2D eigenvalue weighted by atomic mass is 9.79. The summed E-state index contributed by atoms with van der Waals surface area (Å²) in [5, 5.41) is 8.94. The smallest absolute Gasteiger partial charge is 0.0436 e. The van der Waals surface area contributed by atoms with Crippen molar-refractivity contribution in [3.63, 3.8) is 0 Å². The van der Waals surface area contributed by atoms with Crippen LogP contribution in [0, 0.1) is 10.8 Å². The molecule has 2 heteroatoms. The molecule has 0 aromatic heterocycles. The third kappa shape index (κ3) is 1.99. The third-order valence-corrected chi connectivity index (χ3v) is 3.26. The summed E-state index contributed by atoms with van der Waals surface area (Å²) in [4.78, 5) is 0. The van der Waals surface area contributed by atoms with Gasteiger partial charge in [-0.2, -0.15) is 0 Å².